The molecule has 0 unspecified atom stereocenters. The monoisotopic (exact) mass is 627 g/mol. The number of aliphatic imine (C=N–C) groups is 1. The first kappa shape index (κ1) is 29.9. The van der Waals surface area contributed by atoms with Crippen molar-refractivity contribution in [2.45, 2.75) is 57.4 Å². The summed E-state index contributed by atoms with van der Waals surface area (Å²) in [4.78, 5) is 44.3. The first-order valence-corrected chi connectivity index (χ1v) is 16.1. The largest absolute Gasteiger partial charge is 0.507 e. The van der Waals surface area contributed by atoms with E-state index in [-0.39, 0.29) is 45.3 Å². The molecule has 0 spiro atoms. The minimum atomic E-state index is -1.34. The molecule has 1 aliphatic carbocycles. The lowest BCUT2D eigenvalue weighted by molar-refractivity contribution is -0.275. The number of benzene rings is 2. The van der Waals surface area contributed by atoms with E-state index in [1.807, 2.05) is 6.08 Å². The summed E-state index contributed by atoms with van der Waals surface area (Å²) in [6, 6.07) is 4.17. The quantitative estimate of drug-likeness (QED) is 0.217. The number of phenolic OH excluding ortho intramolecular Hbond substituents is 1. The maximum Gasteiger partial charge on any atom is 0.308 e. The number of hydrogen-bond donors (Lipinski definition) is 3. The number of ether oxygens (including phenoxy) is 4. The van der Waals surface area contributed by atoms with Crippen molar-refractivity contribution in [3.63, 3.8) is 0 Å². The van der Waals surface area contributed by atoms with Crippen LogP contribution in [0.4, 0.5) is 0 Å². The molecule has 0 bridgehead atoms. The Morgan fingerprint density at radius 1 is 1.09 bits per heavy atom. The van der Waals surface area contributed by atoms with E-state index >= 15 is 0 Å². The van der Waals surface area contributed by atoms with Crippen molar-refractivity contribution < 1.29 is 48.7 Å². The second-order valence-electron chi connectivity index (χ2n) is 10.6. The minimum absolute atomic E-state index is 0.0214. The Labute approximate surface area is 254 Å². The van der Waals surface area contributed by atoms with Gasteiger partial charge in [0.15, 0.2) is 11.6 Å². The van der Waals surface area contributed by atoms with Gasteiger partial charge in [0.1, 0.15) is 41.5 Å². The molecule has 3 heterocycles. The Morgan fingerprint density at radius 2 is 1.86 bits per heavy atom. The Kier molecular flexibility index (Phi) is 8.13. The molecule has 6 atom stereocenters. The number of aliphatic hydroxyl groups is 2. The summed E-state index contributed by atoms with van der Waals surface area (Å²) in [5.74, 6) is -1.87. The standard InChI is InChI=1S/C30H29NO10S2/c1-12-23(33)22-21(26(36)18-8-16(40-14(3)32)4-5-17(18)25(22)35)20-19(15-6-7-31-9-15)10-42-43-11-38-29-27(37)24(34)13(2)39-30(29)41-28(12)20/h4-6,8-9,13,19,24,27,29-30,33-34,37H,7,10-11H2,1-3H3/t13-,19-,24+,27+,29+,30-/m0/s1. The third kappa shape index (κ3) is 5.17. The van der Waals surface area contributed by atoms with Gasteiger partial charge in [0.05, 0.1) is 18.2 Å². The zero-order valence-corrected chi connectivity index (χ0v) is 25.1. The zero-order valence-electron chi connectivity index (χ0n) is 23.4. The summed E-state index contributed by atoms with van der Waals surface area (Å²) < 4.78 is 23.5. The number of nitrogens with zero attached hydrogens (tertiary/aromatic N) is 1. The number of rotatable bonds is 2. The molecule has 226 valence electrons. The Morgan fingerprint density at radius 3 is 2.58 bits per heavy atom. The van der Waals surface area contributed by atoms with Crippen molar-refractivity contribution >= 4 is 45.3 Å². The molecule has 1 saturated heterocycles. The van der Waals surface area contributed by atoms with E-state index < -0.39 is 59.9 Å². The van der Waals surface area contributed by atoms with E-state index in [1.165, 1.54) is 46.7 Å². The number of esters is 1. The van der Waals surface area contributed by atoms with Gasteiger partial charge >= 0.3 is 5.97 Å². The van der Waals surface area contributed by atoms with Crippen LogP contribution in [-0.4, -0.2) is 88.0 Å². The van der Waals surface area contributed by atoms with Gasteiger partial charge in [-0.2, -0.15) is 0 Å². The van der Waals surface area contributed by atoms with Gasteiger partial charge in [-0.15, -0.1) is 0 Å². The summed E-state index contributed by atoms with van der Waals surface area (Å²) in [6.07, 6.45) is -2.08. The molecular formula is C30H29NO10S2. The summed E-state index contributed by atoms with van der Waals surface area (Å²) in [6.45, 7) is 4.84. The third-order valence-electron chi connectivity index (χ3n) is 7.96. The fourth-order valence-electron chi connectivity index (χ4n) is 5.81. The molecule has 0 saturated carbocycles. The number of phenols is 1. The normalized spacial score (nSPS) is 28.4. The van der Waals surface area contributed by atoms with Crippen LogP contribution in [0.15, 0.2) is 34.8 Å². The van der Waals surface area contributed by atoms with E-state index in [4.69, 9.17) is 18.9 Å². The molecule has 6 rings (SSSR count). The van der Waals surface area contributed by atoms with Crippen LogP contribution in [0, 0.1) is 6.92 Å². The van der Waals surface area contributed by atoms with Crippen molar-refractivity contribution in [1.29, 1.82) is 0 Å². The number of ketones is 2. The first-order chi connectivity index (χ1) is 20.6. The van der Waals surface area contributed by atoms with Gasteiger partial charge in [-0.25, -0.2) is 0 Å². The number of aliphatic hydroxyl groups excluding tert-OH is 2. The molecule has 2 aromatic carbocycles. The highest BCUT2D eigenvalue weighted by Crippen LogP contribution is 2.50. The summed E-state index contributed by atoms with van der Waals surface area (Å²) >= 11 is 0. The van der Waals surface area contributed by atoms with Crippen LogP contribution >= 0.6 is 21.6 Å². The molecule has 4 aliphatic rings. The molecule has 13 heteroatoms. The van der Waals surface area contributed by atoms with Gasteiger partial charge in [-0.3, -0.25) is 19.4 Å². The number of aromatic hydroxyl groups is 1. The Hall–Kier alpha value is -3.20. The second-order valence-corrected chi connectivity index (χ2v) is 13.1. The highest BCUT2D eigenvalue weighted by molar-refractivity contribution is 8.76. The van der Waals surface area contributed by atoms with E-state index in [0.29, 0.717) is 17.9 Å². The summed E-state index contributed by atoms with van der Waals surface area (Å²) in [5, 5.41) is 32.9. The third-order valence-corrected chi connectivity index (χ3v) is 10.0. The maximum atomic E-state index is 14.4. The molecule has 3 aliphatic heterocycles. The predicted octanol–water partition coefficient (Wildman–Crippen LogP) is 3.08. The topological polar surface area (TPSA) is 161 Å². The van der Waals surface area contributed by atoms with Crippen LogP contribution in [0.5, 0.6) is 17.2 Å². The first-order valence-electron chi connectivity index (χ1n) is 13.6. The van der Waals surface area contributed by atoms with Gasteiger partial charge in [0, 0.05) is 52.6 Å². The lowest BCUT2D eigenvalue weighted by Crippen LogP contribution is -2.59. The predicted molar refractivity (Wildman–Crippen MR) is 158 cm³/mol. The molecule has 1 fully saturated rings. The number of hydrogen-bond acceptors (Lipinski definition) is 13. The van der Waals surface area contributed by atoms with E-state index in [2.05, 4.69) is 4.99 Å². The zero-order chi connectivity index (χ0) is 30.6. The highest BCUT2D eigenvalue weighted by Gasteiger charge is 2.47. The van der Waals surface area contributed by atoms with Gasteiger partial charge < -0.3 is 34.3 Å². The van der Waals surface area contributed by atoms with E-state index in [1.54, 1.807) is 20.1 Å². The fourth-order valence-corrected chi connectivity index (χ4v) is 7.75. The highest BCUT2D eigenvalue weighted by atomic mass is 33.1. The second kappa shape index (κ2) is 11.7. The van der Waals surface area contributed by atoms with Gasteiger partial charge in [0.2, 0.25) is 6.29 Å². The van der Waals surface area contributed by atoms with Gasteiger partial charge in [0.25, 0.3) is 0 Å². The molecule has 11 nitrogen and oxygen atoms in total. The lowest BCUT2D eigenvalue weighted by atomic mass is 9.76. The SMILES string of the molecule is CC(=O)Oc1ccc2c(c1)C(=O)c1c(c(O)c(C)c3c1[C@H](C1=CCN=C1)CSSCO[C@H]1[C@H](O3)O[C@@H](C)[C@@H](O)[C@H]1O)C2=O. The fraction of sp³-hybridized carbons (Fsp3) is 0.400. The van der Waals surface area contributed by atoms with Crippen LogP contribution < -0.4 is 9.47 Å². The van der Waals surface area contributed by atoms with Crippen molar-refractivity contribution in [3.8, 4) is 17.2 Å². The molecule has 0 radical (unpaired) electrons. The Bertz CT molecular complexity index is 1590. The number of fused-ring (bicyclic) bond motifs is 5. The van der Waals surface area contributed by atoms with E-state index in [0.717, 1.165) is 5.57 Å². The smallest absolute Gasteiger partial charge is 0.308 e. The van der Waals surface area contributed by atoms with Crippen molar-refractivity contribution in [3.05, 3.63) is 63.2 Å². The molecule has 0 aromatic heterocycles. The van der Waals surface area contributed by atoms with Gasteiger partial charge in [-0.1, -0.05) is 27.7 Å². The van der Waals surface area contributed by atoms with Gasteiger partial charge in [-0.05, 0) is 37.6 Å². The van der Waals surface area contributed by atoms with Crippen molar-refractivity contribution in [1.82, 2.24) is 0 Å². The average molecular weight is 628 g/mol. The molecule has 0 amide bonds. The number of allylic oxidation sites excluding steroid dienone is 1. The minimum Gasteiger partial charge on any atom is -0.507 e. The average Bonchev–Trinajstić information content (AvgIpc) is 3.50. The molecule has 2 aromatic rings. The molecule has 3 N–H and O–H groups in total. The summed E-state index contributed by atoms with van der Waals surface area (Å²) in [5.41, 5.74) is 1.27. The van der Waals surface area contributed by atoms with Crippen molar-refractivity contribution in [2.75, 3.05) is 18.2 Å². The summed E-state index contributed by atoms with van der Waals surface area (Å²) in [7, 11) is 2.82. The lowest BCUT2D eigenvalue weighted by Gasteiger charge is -2.41. The van der Waals surface area contributed by atoms with Crippen molar-refractivity contribution in [2.24, 2.45) is 4.99 Å². The van der Waals surface area contributed by atoms with Crippen LogP contribution in [0.25, 0.3) is 0 Å². The van der Waals surface area contributed by atoms with Crippen LogP contribution in [0.3, 0.4) is 0 Å². The van der Waals surface area contributed by atoms with E-state index in [9.17, 15) is 29.7 Å². The number of carbonyl (C=O) groups is 3. The van der Waals surface area contributed by atoms with Crippen LogP contribution in [-0.2, 0) is 14.3 Å². The number of carbonyl (C=O) groups excluding carboxylic acids is 3. The van der Waals surface area contributed by atoms with Crippen LogP contribution in [0.2, 0.25) is 0 Å². The Balaban J connectivity index is 1.60. The molecular weight excluding hydrogens is 598 g/mol. The maximum absolute atomic E-state index is 14.4. The molecule has 43 heavy (non-hydrogen) atoms. The van der Waals surface area contributed by atoms with Crippen LogP contribution in [0.1, 0.15) is 62.7 Å².